The van der Waals surface area contributed by atoms with Gasteiger partial charge in [-0.3, -0.25) is 9.59 Å². The monoisotopic (exact) mass is 379 g/mol. The molecule has 3 aromatic rings. The van der Waals surface area contributed by atoms with Crippen LogP contribution >= 0.6 is 11.8 Å². The number of rotatable bonds is 7. The highest BCUT2D eigenvalue weighted by Crippen LogP contribution is 2.23. The lowest BCUT2D eigenvalue weighted by molar-refractivity contribution is -0.116. The van der Waals surface area contributed by atoms with E-state index in [9.17, 15) is 9.59 Å². The van der Waals surface area contributed by atoms with Crippen LogP contribution in [0, 0.1) is 6.92 Å². The molecule has 0 atom stereocenters. The van der Waals surface area contributed by atoms with E-state index >= 15 is 0 Å². The molecule has 3 rings (SSSR count). The summed E-state index contributed by atoms with van der Waals surface area (Å²) in [6.07, 6.45) is 1.29. The standard InChI is InChI=1S/C21H21N3O2S/c1-3-6-20(26)23-16-11-9-15(10-12-16)19(25)13-27-21-14(2)22-17-7-4-5-8-18(17)24-21/h4-5,7-12H,3,6,13H2,1-2H3,(H,23,26). The van der Waals surface area contributed by atoms with Gasteiger partial charge in [-0.2, -0.15) is 0 Å². The first-order valence-corrected chi connectivity index (χ1v) is 9.84. The summed E-state index contributed by atoms with van der Waals surface area (Å²) in [6.45, 7) is 3.86. The van der Waals surface area contributed by atoms with Crippen LogP contribution in [-0.4, -0.2) is 27.4 Å². The third-order valence-corrected chi connectivity index (χ3v) is 5.08. The molecule has 1 N–H and O–H groups in total. The average molecular weight is 379 g/mol. The molecule has 0 saturated carbocycles. The number of fused-ring (bicyclic) bond motifs is 1. The second-order valence-electron chi connectivity index (χ2n) is 6.19. The van der Waals surface area contributed by atoms with Gasteiger partial charge in [-0.15, -0.1) is 0 Å². The number of amides is 1. The molecular formula is C21H21N3O2S. The first kappa shape index (κ1) is 19.0. The highest BCUT2D eigenvalue weighted by atomic mass is 32.2. The minimum absolute atomic E-state index is 0.0146. The van der Waals surface area contributed by atoms with Gasteiger partial charge >= 0.3 is 0 Å². The fourth-order valence-corrected chi connectivity index (χ4v) is 3.47. The fourth-order valence-electron chi connectivity index (χ4n) is 2.62. The molecule has 5 nitrogen and oxygen atoms in total. The van der Waals surface area contributed by atoms with Crippen molar-refractivity contribution in [2.75, 3.05) is 11.1 Å². The first-order valence-electron chi connectivity index (χ1n) is 8.86. The molecule has 6 heteroatoms. The Morgan fingerprint density at radius 1 is 1.00 bits per heavy atom. The molecule has 138 valence electrons. The summed E-state index contributed by atoms with van der Waals surface area (Å²) in [5, 5.41) is 3.59. The Bertz CT molecular complexity index is 971. The van der Waals surface area contributed by atoms with Crippen LogP contribution in [0.2, 0.25) is 0 Å². The summed E-state index contributed by atoms with van der Waals surface area (Å²) in [5.41, 5.74) is 3.81. The summed E-state index contributed by atoms with van der Waals surface area (Å²) in [5.74, 6) is 0.286. The number of Topliss-reactive ketones (excluding diaryl/α,β-unsaturated/α-hetero) is 1. The van der Waals surface area contributed by atoms with Gasteiger partial charge in [0.15, 0.2) is 5.78 Å². The fraction of sp³-hybridized carbons (Fsp3) is 0.238. The van der Waals surface area contributed by atoms with Gasteiger partial charge < -0.3 is 5.32 Å². The number of ketones is 1. The SMILES string of the molecule is CCCC(=O)Nc1ccc(C(=O)CSc2nc3ccccc3nc2C)cc1. The van der Waals surface area contributed by atoms with Crippen molar-refractivity contribution in [3.8, 4) is 0 Å². The molecule has 0 bridgehead atoms. The summed E-state index contributed by atoms with van der Waals surface area (Å²) in [7, 11) is 0. The Balaban J connectivity index is 1.64. The van der Waals surface area contributed by atoms with Crippen molar-refractivity contribution in [1.82, 2.24) is 9.97 Å². The molecule has 2 aromatic carbocycles. The molecule has 0 spiro atoms. The van der Waals surface area contributed by atoms with Crippen molar-refractivity contribution >= 4 is 40.2 Å². The molecule has 0 radical (unpaired) electrons. The molecule has 1 aromatic heterocycles. The van der Waals surface area contributed by atoms with Crippen LogP contribution < -0.4 is 5.32 Å². The van der Waals surface area contributed by atoms with Gasteiger partial charge in [-0.25, -0.2) is 9.97 Å². The van der Waals surface area contributed by atoms with E-state index in [1.807, 2.05) is 38.1 Å². The zero-order valence-corrected chi connectivity index (χ0v) is 16.2. The highest BCUT2D eigenvalue weighted by molar-refractivity contribution is 8.00. The number of benzene rings is 2. The number of nitrogens with one attached hydrogen (secondary N) is 1. The number of anilines is 1. The second-order valence-corrected chi connectivity index (χ2v) is 7.15. The number of thioether (sulfide) groups is 1. The third-order valence-electron chi connectivity index (χ3n) is 4.01. The molecule has 0 fully saturated rings. The average Bonchev–Trinajstić information content (AvgIpc) is 2.67. The lowest BCUT2D eigenvalue weighted by Gasteiger charge is -2.07. The van der Waals surface area contributed by atoms with Crippen LogP contribution in [0.3, 0.4) is 0 Å². The van der Waals surface area contributed by atoms with E-state index in [0.717, 1.165) is 28.2 Å². The molecule has 27 heavy (non-hydrogen) atoms. The van der Waals surface area contributed by atoms with Gasteiger partial charge in [0.05, 0.1) is 22.5 Å². The van der Waals surface area contributed by atoms with E-state index < -0.39 is 0 Å². The molecule has 0 aliphatic heterocycles. The molecule has 1 heterocycles. The van der Waals surface area contributed by atoms with E-state index in [1.165, 1.54) is 11.8 Å². The Kier molecular flexibility index (Phi) is 6.19. The van der Waals surface area contributed by atoms with Gasteiger partial charge in [0.2, 0.25) is 5.91 Å². The molecule has 1 amide bonds. The van der Waals surface area contributed by atoms with E-state index in [0.29, 0.717) is 17.7 Å². The number of nitrogens with zero attached hydrogens (tertiary/aromatic N) is 2. The van der Waals surface area contributed by atoms with Crippen LogP contribution in [0.5, 0.6) is 0 Å². The largest absolute Gasteiger partial charge is 0.326 e. The summed E-state index contributed by atoms with van der Waals surface area (Å²) in [6, 6.07) is 14.7. The van der Waals surface area contributed by atoms with Gasteiger partial charge in [-0.05, 0) is 49.7 Å². The van der Waals surface area contributed by atoms with Crippen molar-refractivity contribution in [2.45, 2.75) is 31.7 Å². The summed E-state index contributed by atoms with van der Waals surface area (Å²) in [4.78, 5) is 33.2. The van der Waals surface area contributed by atoms with E-state index in [1.54, 1.807) is 24.3 Å². The van der Waals surface area contributed by atoms with Crippen molar-refractivity contribution in [3.63, 3.8) is 0 Å². The predicted octanol–water partition coefficient (Wildman–Crippen LogP) is 4.65. The van der Waals surface area contributed by atoms with Crippen molar-refractivity contribution < 1.29 is 9.59 Å². The zero-order valence-electron chi connectivity index (χ0n) is 15.4. The molecule has 0 aliphatic rings. The molecule has 0 unspecified atom stereocenters. The number of aromatic nitrogens is 2. The number of hydrogen-bond donors (Lipinski definition) is 1. The van der Waals surface area contributed by atoms with Crippen LogP contribution in [0.1, 0.15) is 35.8 Å². The second kappa shape index (κ2) is 8.77. The first-order chi connectivity index (χ1) is 13.1. The van der Waals surface area contributed by atoms with Gasteiger partial charge in [0.1, 0.15) is 5.03 Å². The minimum atomic E-state index is -0.0162. The topological polar surface area (TPSA) is 72.0 Å². The van der Waals surface area contributed by atoms with Gasteiger partial charge in [0.25, 0.3) is 0 Å². The van der Waals surface area contributed by atoms with Gasteiger partial charge in [0, 0.05) is 17.7 Å². The summed E-state index contributed by atoms with van der Waals surface area (Å²) >= 11 is 1.39. The lowest BCUT2D eigenvalue weighted by Crippen LogP contribution is -2.11. The number of aryl methyl sites for hydroxylation is 1. The van der Waals surface area contributed by atoms with E-state index in [2.05, 4.69) is 15.3 Å². The number of hydrogen-bond acceptors (Lipinski definition) is 5. The molecule has 0 aliphatic carbocycles. The Morgan fingerprint density at radius 3 is 2.33 bits per heavy atom. The predicted molar refractivity (Wildman–Crippen MR) is 109 cm³/mol. The van der Waals surface area contributed by atoms with Crippen molar-refractivity contribution in [2.24, 2.45) is 0 Å². The third kappa shape index (κ3) is 4.92. The van der Waals surface area contributed by atoms with Crippen LogP contribution in [-0.2, 0) is 4.79 Å². The van der Waals surface area contributed by atoms with E-state index in [4.69, 9.17) is 0 Å². The van der Waals surface area contributed by atoms with E-state index in [-0.39, 0.29) is 17.4 Å². The number of carbonyl (C=O) groups excluding carboxylic acids is 2. The van der Waals surface area contributed by atoms with Crippen molar-refractivity contribution in [1.29, 1.82) is 0 Å². The van der Waals surface area contributed by atoms with Gasteiger partial charge in [-0.1, -0.05) is 30.8 Å². The minimum Gasteiger partial charge on any atom is -0.326 e. The Labute approximate surface area is 162 Å². The van der Waals surface area contributed by atoms with Crippen LogP contribution in [0.25, 0.3) is 11.0 Å². The number of para-hydroxylation sites is 2. The van der Waals surface area contributed by atoms with Crippen LogP contribution in [0.15, 0.2) is 53.6 Å². The Hall–Kier alpha value is -2.73. The Morgan fingerprint density at radius 2 is 1.67 bits per heavy atom. The molecule has 0 saturated heterocycles. The highest BCUT2D eigenvalue weighted by Gasteiger charge is 2.11. The number of carbonyl (C=O) groups is 2. The van der Waals surface area contributed by atoms with Crippen LogP contribution in [0.4, 0.5) is 5.69 Å². The normalized spacial score (nSPS) is 10.7. The molecular weight excluding hydrogens is 358 g/mol. The smallest absolute Gasteiger partial charge is 0.224 e. The lowest BCUT2D eigenvalue weighted by atomic mass is 10.1. The van der Waals surface area contributed by atoms with Crippen molar-refractivity contribution in [3.05, 3.63) is 59.8 Å². The maximum atomic E-state index is 12.5. The quantitative estimate of drug-likeness (QED) is 0.478. The maximum absolute atomic E-state index is 12.5. The maximum Gasteiger partial charge on any atom is 0.224 e. The zero-order chi connectivity index (χ0) is 19.2. The summed E-state index contributed by atoms with van der Waals surface area (Å²) < 4.78 is 0.